The summed E-state index contributed by atoms with van der Waals surface area (Å²) in [7, 11) is 3.62. The number of piperidine rings is 2. The molecule has 0 saturated carbocycles. The van der Waals surface area contributed by atoms with Crippen LogP contribution in [0, 0.1) is 11.8 Å². The van der Waals surface area contributed by atoms with E-state index in [4.69, 9.17) is 0 Å². The van der Waals surface area contributed by atoms with Gasteiger partial charge < -0.3 is 9.80 Å². The van der Waals surface area contributed by atoms with Crippen molar-refractivity contribution in [3.05, 3.63) is 35.9 Å². The molecule has 0 unspecified atom stereocenters. The van der Waals surface area contributed by atoms with E-state index in [-0.39, 0.29) is 17.7 Å². The number of nitrogens with zero attached hydrogens (tertiary/aromatic N) is 3. The molecule has 0 bridgehead atoms. The van der Waals surface area contributed by atoms with Crippen molar-refractivity contribution in [3.8, 4) is 0 Å². The summed E-state index contributed by atoms with van der Waals surface area (Å²) in [5, 5.41) is 0. The van der Waals surface area contributed by atoms with Crippen molar-refractivity contribution in [2.75, 3.05) is 40.3 Å². The minimum absolute atomic E-state index is 0.0850. The Balaban J connectivity index is 1.43. The Morgan fingerprint density at radius 1 is 0.923 bits per heavy atom. The van der Waals surface area contributed by atoms with Crippen molar-refractivity contribution in [1.82, 2.24) is 14.7 Å². The summed E-state index contributed by atoms with van der Waals surface area (Å²) in [6.07, 6.45) is 3.50. The van der Waals surface area contributed by atoms with Gasteiger partial charge >= 0.3 is 0 Å². The van der Waals surface area contributed by atoms with Crippen LogP contribution < -0.4 is 0 Å². The SMILES string of the molecule is CN(C)C(=O)C1CCN(C(=O)C2CCN(Cc3ccccc3)CC2)CC1. The first kappa shape index (κ1) is 18.9. The van der Waals surface area contributed by atoms with E-state index in [9.17, 15) is 9.59 Å². The third-order valence-corrected chi connectivity index (χ3v) is 5.78. The highest BCUT2D eigenvalue weighted by Crippen LogP contribution is 2.25. The highest BCUT2D eigenvalue weighted by Gasteiger charge is 2.32. The Morgan fingerprint density at radius 2 is 1.50 bits per heavy atom. The van der Waals surface area contributed by atoms with Gasteiger partial charge in [-0.05, 0) is 44.3 Å². The molecule has 0 N–H and O–H groups in total. The van der Waals surface area contributed by atoms with Crippen LogP contribution >= 0.6 is 0 Å². The average molecular weight is 357 g/mol. The second kappa shape index (κ2) is 8.67. The van der Waals surface area contributed by atoms with Crippen molar-refractivity contribution in [3.63, 3.8) is 0 Å². The standard InChI is InChI=1S/C21H31N3O2/c1-22(2)20(25)18-10-14-24(15-11-18)21(26)19-8-12-23(13-9-19)16-17-6-4-3-5-7-17/h3-7,18-19H,8-16H2,1-2H3. The number of benzene rings is 1. The zero-order chi connectivity index (χ0) is 18.5. The van der Waals surface area contributed by atoms with Crippen LogP contribution in [0.1, 0.15) is 31.2 Å². The van der Waals surface area contributed by atoms with Crippen molar-refractivity contribution in [1.29, 1.82) is 0 Å². The Bertz CT molecular complexity index is 601. The van der Waals surface area contributed by atoms with Crippen LogP contribution in [0.3, 0.4) is 0 Å². The van der Waals surface area contributed by atoms with Gasteiger partial charge in [-0.25, -0.2) is 0 Å². The molecule has 3 rings (SSSR count). The van der Waals surface area contributed by atoms with Crippen LogP contribution in [0.25, 0.3) is 0 Å². The van der Waals surface area contributed by atoms with Crippen molar-refractivity contribution in [2.45, 2.75) is 32.2 Å². The molecular formula is C21H31N3O2. The predicted octanol–water partition coefficient (Wildman–Crippen LogP) is 2.23. The van der Waals surface area contributed by atoms with Crippen LogP contribution in [-0.4, -0.2) is 66.8 Å². The molecular weight excluding hydrogens is 326 g/mol. The predicted molar refractivity (Wildman–Crippen MR) is 102 cm³/mol. The second-order valence-electron chi connectivity index (χ2n) is 7.87. The molecule has 142 valence electrons. The van der Waals surface area contributed by atoms with Gasteiger partial charge in [0.15, 0.2) is 0 Å². The molecule has 0 atom stereocenters. The highest BCUT2D eigenvalue weighted by atomic mass is 16.2. The van der Waals surface area contributed by atoms with Crippen LogP contribution in [0.15, 0.2) is 30.3 Å². The van der Waals surface area contributed by atoms with Gasteiger partial charge in [-0.1, -0.05) is 30.3 Å². The van der Waals surface area contributed by atoms with Crippen molar-refractivity contribution < 1.29 is 9.59 Å². The lowest BCUT2D eigenvalue weighted by molar-refractivity contribution is -0.142. The fourth-order valence-corrected chi connectivity index (χ4v) is 4.15. The van der Waals surface area contributed by atoms with Gasteiger partial charge in [0.05, 0.1) is 0 Å². The van der Waals surface area contributed by atoms with E-state index in [2.05, 4.69) is 29.2 Å². The first-order valence-corrected chi connectivity index (χ1v) is 9.81. The summed E-state index contributed by atoms with van der Waals surface area (Å²) < 4.78 is 0. The number of rotatable bonds is 4. The largest absolute Gasteiger partial charge is 0.349 e. The van der Waals surface area contributed by atoms with Gasteiger partial charge in [-0.15, -0.1) is 0 Å². The minimum atomic E-state index is 0.0850. The van der Waals surface area contributed by atoms with Crippen molar-refractivity contribution >= 4 is 11.8 Å². The molecule has 0 spiro atoms. The number of hydrogen-bond acceptors (Lipinski definition) is 3. The van der Waals surface area contributed by atoms with Gasteiger partial charge in [0.1, 0.15) is 0 Å². The smallest absolute Gasteiger partial charge is 0.225 e. The first-order chi connectivity index (χ1) is 12.5. The quantitative estimate of drug-likeness (QED) is 0.830. The number of likely N-dealkylation sites (tertiary alicyclic amines) is 2. The lowest BCUT2D eigenvalue weighted by atomic mass is 9.91. The molecule has 0 aromatic heterocycles. The Morgan fingerprint density at radius 3 is 2.08 bits per heavy atom. The first-order valence-electron chi connectivity index (χ1n) is 9.81. The van der Waals surface area contributed by atoms with Gasteiger partial charge in [0.2, 0.25) is 11.8 Å². The maximum Gasteiger partial charge on any atom is 0.225 e. The summed E-state index contributed by atoms with van der Waals surface area (Å²) in [4.78, 5) is 31.0. The van der Waals surface area contributed by atoms with Gasteiger partial charge in [-0.3, -0.25) is 14.5 Å². The summed E-state index contributed by atoms with van der Waals surface area (Å²) >= 11 is 0. The molecule has 5 heteroatoms. The summed E-state index contributed by atoms with van der Waals surface area (Å²) in [6, 6.07) is 10.5. The van der Waals surface area contributed by atoms with Crippen molar-refractivity contribution in [2.24, 2.45) is 11.8 Å². The van der Waals surface area contributed by atoms with Crippen LogP contribution in [0.2, 0.25) is 0 Å². The maximum absolute atomic E-state index is 12.8. The zero-order valence-electron chi connectivity index (χ0n) is 16.1. The molecule has 0 radical (unpaired) electrons. The van der Waals surface area contributed by atoms with Crippen LogP contribution in [0.5, 0.6) is 0 Å². The summed E-state index contributed by atoms with van der Waals surface area (Å²) in [5.74, 6) is 0.747. The topological polar surface area (TPSA) is 43.9 Å². The summed E-state index contributed by atoms with van der Waals surface area (Å²) in [5.41, 5.74) is 1.34. The second-order valence-corrected chi connectivity index (χ2v) is 7.87. The maximum atomic E-state index is 12.8. The minimum Gasteiger partial charge on any atom is -0.349 e. The number of carbonyl (C=O) groups excluding carboxylic acids is 2. The lowest BCUT2D eigenvalue weighted by Gasteiger charge is -2.37. The van der Waals surface area contributed by atoms with E-state index < -0.39 is 0 Å². The Kier molecular flexibility index (Phi) is 6.30. The number of amides is 2. The molecule has 0 aliphatic carbocycles. The molecule has 5 nitrogen and oxygen atoms in total. The van der Waals surface area contributed by atoms with E-state index >= 15 is 0 Å². The van der Waals surface area contributed by atoms with E-state index in [0.717, 1.165) is 58.4 Å². The fraction of sp³-hybridized carbons (Fsp3) is 0.619. The monoisotopic (exact) mass is 357 g/mol. The molecule has 1 aromatic rings. The van der Waals surface area contributed by atoms with Crippen LogP contribution in [-0.2, 0) is 16.1 Å². The van der Waals surface area contributed by atoms with Gasteiger partial charge in [0, 0.05) is 45.6 Å². The number of carbonyl (C=O) groups is 2. The van der Waals surface area contributed by atoms with Gasteiger partial charge in [0.25, 0.3) is 0 Å². The van der Waals surface area contributed by atoms with Gasteiger partial charge in [-0.2, -0.15) is 0 Å². The molecule has 2 amide bonds. The van der Waals surface area contributed by atoms with E-state index in [1.54, 1.807) is 4.90 Å². The fourth-order valence-electron chi connectivity index (χ4n) is 4.15. The zero-order valence-corrected chi connectivity index (χ0v) is 16.1. The Hall–Kier alpha value is -1.88. The third-order valence-electron chi connectivity index (χ3n) is 5.78. The van der Waals surface area contributed by atoms with Crippen LogP contribution in [0.4, 0.5) is 0 Å². The lowest BCUT2D eigenvalue weighted by Crippen LogP contribution is -2.47. The van der Waals surface area contributed by atoms with E-state index in [1.807, 2.05) is 25.1 Å². The van der Waals surface area contributed by atoms with E-state index in [0.29, 0.717) is 5.91 Å². The van der Waals surface area contributed by atoms with E-state index in [1.165, 1.54) is 5.56 Å². The Labute approximate surface area is 156 Å². The average Bonchev–Trinajstić information content (AvgIpc) is 2.68. The molecule has 2 fully saturated rings. The molecule has 2 heterocycles. The summed E-state index contributed by atoms with van der Waals surface area (Å²) in [6.45, 7) is 4.40. The normalized spacial score (nSPS) is 20.2. The molecule has 2 aliphatic heterocycles. The molecule has 2 saturated heterocycles. The highest BCUT2D eigenvalue weighted by molar-refractivity contribution is 5.81. The molecule has 26 heavy (non-hydrogen) atoms. The molecule has 1 aromatic carbocycles. The third kappa shape index (κ3) is 4.64. The molecule has 2 aliphatic rings. The number of hydrogen-bond donors (Lipinski definition) is 0.